The highest BCUT2D eigenvalue weighted by atomic mass is 16.5. The number of ether oxygens (including phenoxy) is 1. The van der Waals surface area contributed by atoms with Crippen molar-refractivity contribution in [3.8, 4) is 16.9 Å². The molecule has 152 valence electrons. The zero-order valence-electron chi connectivity index (χ0n) is 16.6. The first-order chi connectivity index (χ1) is 14.3. The van der Waals surface area contributed by atoms with Gasteiger partial charge < -0.3 is 20.4 Å². The van der Waals surface area contributed by atoms with Crippen molar-refractivity contribution in [2.75, 3.05) is 32.0 Å². The van der Waals surface area contributed by atoms with Crippen molar-refractivity contribution < 1.29 is 4.74 Å². The lowest BCUT2D eigenvalue weighted by Crippen LogP contribution is -2.35. The molecule has 0 atom stereocenters. The Balaban J connectivity index is 1.14. The topological polar surface area (TPSA) is 93.0 Å². The van der Waals surface area contributed by atoms with Gasteiger partial charge in [-0.2, -0.15) is 0 Å². The highest BCUT2D eigenvalue weighted by Crippen LogP contribution is 2.22. The number of nitrogens with two attached hydrogens (primary N) is 1. The fourth-order valence-electron chi connectivity index (χ4n) is 3.83. The van der Waals surface area contributed by atoms with Gasteiger partial charge in [0.1, 0.15) is 5.75 Å². The number of hydrogen-bond acceptors (Lipinski definition) is 6. The first-order valence-corrected chi connectivity index (χ1v) is 10.3. The minimum Gasteiger partial charge on any atom is -0.494 e. The van der Waals surface area contributed by atoms with Crippen LogP contribution in [0.15, 0.2) is 49.2 Å². The van der Waals surface area contributed by atoms with Crippen LogP contribution in [0.4, 0.5) is 5.95 Å². The van der Waals surface area contributed by atoms with E-state index in [0.29, 0.717) is 0 Å². The van der Waals surface area contributed by atoms with Crippen LogP contribution in [-0.4, -0.2) is 51.1 Å². The highest BCUT2D eigenvalue weighted by Gasteiger charge is 2.19. The van der Waals surface area contributed by atoms with Crippen molar-refractivity contribution in [2.24, 2.45) is 5.92 Å². The van der Waals surface area contributed by atoms with Crippen LogP contribution < -0.4 is 10.5 Å². The minimum absolute atomic E-state index is 0.288. The summed E-state index contributed by atoms with van der Waals surface area (Å²) in [5.41, 5.74) is 8.79. The molecule has 7 nitrogen and oxygen atoms in total. The quantitative estimate of drug-likeness (QED) is 0.572. The number of aromatic nitrogens is 4. The van der Waals surface area contributed by atoms with Crippen LogP contribution >= 0.6 is 0 Å². The largest absolute Gasteiger partial charge is 0.494 e. The number of hydrogen-bond donors (Lipinski definition) is 2. The van der Waals surface area contributed by atoms with E-state index in [1.807, 2.05) is 30.5 Å². The number of H-pyrrole nitrogens is 1. The first kappa shape index (κ1) is 19.4. The van der Waals surface area contributed by atoms with Gasteiger partial charge in [-0.05, 0) is 62.4 Å². The second-order valence-electron chi connectivity index (χ2n) is 7.62. The Morgan fingerprint density at radius 1 is 1.03 bits per heavy atom. The van der Waals surface area contributed by atoms with Gasteiger partial charge in [-0.15, -0.1) is 0 Å². The number of nitrogens with one attached hydrogen (secondary N) is 1. The van der Waals surface area contributed by atoms with E-state index >= 15 is 0 Å². The van der Waals surface area contributed by atoms with E-state index in [2.05, 4.69) is 24.8 Å². The molecule has 0 unspecified atom stereocenters. The molecular formula is C22H28N6O. The molecule has 7 heteroatoms. The van der Waals surface area contributed by atoms with Crippen LogP contribution in [0.1, 0.15) is 25.0 Å². The summed E-state index contributed by atoms with van der Waals surface area (Å²) in [6, 6.07) is 8.03. The van der Waals surface area contributed by atoms with Crippen molar-refractivity contribution in [3.05, 3.63) is 54.9 Å². The minimum atomic E-state index is 0.288. The third-order valence-corrected chi connectivity index (χ3v) is 5.52. The summed E-state index contributed by atoms with van der Waals surface area (Å²) < 4.78 is 5.91. The van der Waals surface area contributed by atoms with Gasteiger partial charge in [0.15, 0.2) is 0 Å². The Bertz CT molecular complexity index is 855. The molecule has 3 heterocycles. The van der Waals surface area contributed by atoms with Crippen LogP contribution in [0.25, 0.3) is 11.1 Å². The number of nitrogens with zero attached hydrogens (tertiary/aromatic N) is 4. The molecule has 0 bridgehead atoms. The Kier molecular flexibility index (Phi) is 6.36. The second kappa shape index (κ2) is 9.52. The highest BCUT2D eigenvalue weighted by molar-refractivity contribution is 5.62. The van der Waals surface area contributed by atoms with E-state index < -0.39 is 0 Å². The summed E-state index contributed by atoms with van der Waals surface area (Å²) in [5, 5.41) is 0. The average molecular weight is 393 g/mol. The van der Waals surface area contributed by atoms with Crippen LogP contribution in [0, 0.1) is 5.92 Å². The number of imidazole rings is 1. The Labute approximate surface area is 171 Å². The SMILES string of the molecule is Nc1ncc(-c2ccc(OCCCN3CCC(Cc4cnc[nH]4)CC3)cc2)cn1. The molecule has 0 aliphatic carbocycles. The third kappa shape index (κ3) is 5.54. The van der Waals surface area contributed by atoms with Gasteiger partial charge in [0, 0.05) is 36.4 Å². The maximum absolute atomic E-state index is 5.91. The van der Waals surface area contributed by atoms with Crippen LogP contribution in [0.5, 0.6) is 5.75 Å². The Morgan fingerprint density at radius 3 is 2.48 bits per heavy atom. The number of piperidine rings is 1. The van der Waals surface area contributed by atoms with Crippen molar-refractivity contribution >= 4 is 5.95 Å². The zero-order valence-corrected chi connectivity index (χ0v) is 16.6. The predicted octanol–water partition coefficient (Wildman–Crippen LogP) is 3.17. The van der Waals surface area contributed by atoms with Gasteiger partial charge in [-0.3, -0.25) is 0 Å². The molecule has 2 aromatic heterocycles. The molecule has 4 rings (SSSR count). The van der Waals surface area contributed by atoms with Crippen molar-refractivity contribution in [2.45, 2.75) is 25.7 Å². The fourth-order valence-corrected chi connectivity index (χ4v) is 3.83. The number of nitrogen functional groups attached to an aromatic ring is 1. The van der Waals surface area contributed by atoms with E-state index in [1.165, 1.54) is 31.6 Å². The van der Waals surface area contributed by atoms with E-state index in [1.54, 1.807) is 18.7 Å². The fraction of sp³-hybridized carbons (Fsp3) is 0.409. The smallest absolute Gasteiger partial charge is 0.219 e. The summed E-state index contributed by atoms with van der Waals surface area (Å²) in [6.45, 7) is 4.18. The maximum Gasteiger partial charge on any atom is 0.219 e. The summed E-state index contributed by atoms with van der Waals surface area (Å²) in [5.74, 6) is 1.95. The van der Waals surface area contributed by atoms with E-state index in [-0.39, 0.29) is 5.95 Å². The molecule has 3 aromatic rings. The van der Waals surface area contributed by atoms with Crippen molar-refractivity contribution in [1.29, 1.82) is 0 Å². The molecular weight excluding hydrogens is 364 g/mol. The molecule has 29 heavy (non-hydrogen) atoms. The third-order valence-electron chi connectivity index (χ3n) is 5.52. The number of aromatic amines is 1. The molecule has 0 radical (unpaired) electrons. The molecule has 0 saturated carbocycles. The average Bonchev–Trinajstić information content (AvgIpc) is 3.27. The zero-order chi connectivity index (χ0) is 19.9. The summed E-state index contributed by atoms with van der Waals surface area (Å²) in [7, 11) is 0. The van der Waals surface area contributed by atoms with Gasteiger partial charge in [0.05, 0.1) is 12.9 Å². The molecule has 1 fully saturated rings. The van der Waals surface area contributed by atoms with Crippen LogP contribution in [0.2, 0.25) is 0 Å². The molecule has 1 aliphatic heterocycles. The van der Waals surface area contributed by atoms with Gasteiger partial charge >= 0.3 is 0 Å². The molecule has 0 spiro atoms. The lowest BCUT2D eigenvalue weighted by Gasteiger charge is -2.31. The van der Waals surface area contributed by atoms with Crippen molar-refractivity contribution in [1.82, 2.24) is 24.8 Å². The molecule has 1 saturated heterocycles. The first-order valence-electron chi connectivity index (χ1n) is 10.3. The molecule has 1 aliphatic rings. The predicted molar refractivity (Wildman–Crippen MR) is 113 cm³/mol. The van der Waals surface area contributed by atoms with E-state index in [0.717, 1.165) is 48.8 Å². The summed E-state index contributed by atoms with van der Waals surface area (Å²) in [6.07, 6.45) is 11.9. The summed E-state index contributed by atoms with van der Waals surface area (Å²) >= 11 is 0. The number of benzene rings is 1. The number of likely N-dealkylation sites (tertiary alicyclic amines) is 1. The normalized spacial score (nSPS) is 15.4. The Hall–Kier alpha value is -2.93. The van der Waals surface area contributed by atoms with Crippen LogP contribution in [-0.2, 0) is 6.42 Å². The molecule has 3 N–H and O–H groups in total. The van der Waals surface area contributed by atoms with Crippen LogP contribution in [0.3, 0.4) is 0 Å². The summed E-state index contributed by atoms with van der Waals surface area (Å²) in [4.78, 5) is 17.9. The van der Waals surface area contributed by atoms with E-state index in [9.17, 15) is 0 Å². The Morgan fingerprint density at radius 2 is 1.79 bits per heavy atom. The van der Waals surface area contributed by atoms with E-state index in [4.69, 9.17) is 10.5 Å². The second-order valence-corrected chi connectivity index (χ2v) is 7.62. The molecule has 1 aromatic carbocycles. The molecule has 0 amide bonds. The monoisotopic (exact) mass is 392 g/mol. The van der Waals surface area contributed by atoms with Gasteiger partial charge in [0.2, 0.25) is 5.95 Å². The maximum atomic E-state index is 5.91. The van der Waals surface area contributed by atoms with Gasteiger partial charge in [-0.1, -0.05) is 12.1 Å². The lowest BCUT2D eigenvalue weighted by atomic mass is 9.92. The number of rotatable bonds is 8. The lowest BCUT2D eigenvalue weighted by molar-refractivity contribution is 0.170. The van der Waals surface area contributed by atoms with Gasteiger partial charge in [-0.25, -0.2) is 15.0 Å². The number of anilines is 1. The standard InChI is InChI=1S/C22H28N6O/c23-22-25-13-19(14-26-22)18-2-4-21(5-3-18)29-11-1-8-28-9-6-17(7-10-28)12-20-15-24-16-27-20/h2-5,13-17H,1,6-12H2,(H,24,27)(H2,23,25,26). The van der Waals surface area contributed by atoms with Crippen molar-refractivity contribution in [3.63, 3.8) is 0 Å². The van der Waals surface area contributed by atoms with Gasteiger partial charge in [0.25, 0.3) is 0 Å².